The number of benzene rings is 2. The molecule has 0 spiro atoms. The molecule has 0 fully saturated rings. The molecule has 1 amide bonds. The Morgan fingerprint density at radius 1 is 1.10 bits per heavy atom. The first-order chi connectivity index (χ1) is 14.1. The van der Waals surface area contributed by atoms with Crippen molar-refractivity contribution < 1.29 is 14.3 Å². The molecule has 8 nitrogen and oxygen atoms in total. The summed E-state index contributed by atoms with van der Waals surface area (Å²) in [6.45, 7) is 0.171. The Hall–Kier alpha value is -3.81. The first-order valence-electron chi connectivity index (χ1n) is 9.31. The number of amides is 1. The first-order valence-corrected chi connectivity index (χ1v) is 9.31. The van der Waals surface area contributed by atoms with E-state index in [2.05, 4.69) is 10.3 Å². The van der Waals surface area contributed by atoms with Crippen molar-refractivity contribution in [3.8, 4) is 11.5 Å². The van der Waals surface area contributed by atoms with Gasteiger partial charge in [0, 0.05) is 19.4 Å². The van der Waals surface area contributed by atoms with E-state index in [0.29, 0.717) is 28.7 Å². The predicted octanol–water partition coefficient (Wildman–Crippen LogP) is 2.39. The summed E-state index contributed by atoms with van der Waals surface area (Å²) in [6.07, 6.45) is 0.181. The Morgan fingerprint density at radius 2 is 1.93 bits per heavy atom. The third-order valence-electron chi connectivity index (χ3n) is 5.65. The van der Waals surface area contributed by atoms with Crippen LogP contribution in [0.15, 0.2) is 47.3 Å². The zero-order chi connectivity index (χ0) is 19.7. The quantitative estimate of drug-likeness (QED) is 0.541. The number of aromatic nitrogens is 3. The van der Waals surface area contributed by atoms with E-state index >= 15 is 0 Å². The standard InChI is InChI=1S/C21H16N4O4/c1-24-20(27)18-12(11-6-7-15-16(8-11)29-10-28-15)9-17(26)23-19(18)25-14-5-3-2-4-13(14)22-21(24)25/h2-8,12H,9-10H2,1H3,(H,23,26)/t12-/m1/s1. The highest BCUT2D eigenvalue weighted by Gasteiger charge is 2.33. The molecule has 0 aliphatic carbocycles. The van der Waals surface area contributed by atoms with E-state index < -0.39 is 5.92 Å². The van der Waals surface area contributed by atoms with E-state index in [1.165, 1.54) is 4.57 Å². The topological polar surface area (TPSA) is 86.9 Å². The van der Waals surface area contributed by atoms with Crippen molar-refractivity contribution in [1.29, 1.82) is 0 Å². The molecule has 6 rings (SSSR count). The minimum absolute atomic E-state index is 0.146. The van der Waals surface area contributed by atoms with Crippen molar-refractivity contribution >= 4 is 28.5 Å². The fourth-order valence-corrected chi connectivity index (χ4v) is 4.27. The molecule has 0 radical (unpaired) electrons. The van der Waals surface area contributed by atoms with Gasteiger partial charge in [0.25, 0.3) is 5.56 Å². The van der Waals surface area contributed by atoms with E-state index in [-0.39, 0.29) is 24.7 Å². The number of hydrogen-bond acceptors (Lipinski definition) is 5. The van der Waals surface area contributed by atoms with Crippen LogP contribution in [0.2, 0.25) is 0 Å². The second kappa shape index (κ2) is 5.60. The van der Waals surface area contributed by atoms with Gasteiger partial charge in [0.1, 0.15) is 5.82 Å². The number of nitrogens with zero attached hydrogens (tertiary/aromatic N) is 3. The maximum absolute atomic E-state index is 13.3. The van der Waals surface area contributed by atoms with Crippen LogP contribution in [0, 0.1) is 0 Å². The molecule has 0 unspecified atom stereocenters. The third kappa shape index (κ3) is 2.16. The summed E-state index contributed by atoms with van der Waals surface area (Å²) in [5, 5.41) is 2.92. The summed E-state index contributed by atoms with van der Waals surface area (Å²) in [5.74, 6) is 1.72. The number of aryl methyl sites for hydroxylation is 1. The van der Waals surface area contributed by atoms with E-state index in [1.54, 1.807) is 7.05 Å². The fourth-order valence-electron chi connectivity index (χ4n) is 4.27. The van der Waals surface area contributed by atoms with Crippen molar-refractivity contribution in [2.75, 3.05) is 12.1 Å². The van der Waals surface area contributed by atoms with Crippen LogP contribution < -0.4 is 20.3 Å². The number of ether oxygens (including phenoxy) is 2. The number of imidazole rings is 1. The fraction of sp³-hybridized carbons (Fsp3) is 0.190. The summed E-state index contributed by atoms with van der Waals surface area (Å²) in [4.78, 5) is 30.6. The van der Waals surface area contributed by atoms with Crippen LogP contribution in [0.4, 0.5) is 5.82 Å². The van der Waals surface area contributed by atoms with Gasteiger partial charge in [-0.3, -0.25) is 18.6 Å². The first kappa shape index (κ1) is 16.2. The SMILES string of the molecule is Cn1c(=O)c2c(n3c4ccccc4nc13)NC(=O)C[C@@H]2c1ccc2c(c1)OCO2. The Morgan fingerprint density at radius 3 is 2.83 bits per heavy atom. The van der Waals surface area contributed by atoms with Crippen molar-refractivity contribution in [1.82, 2.24) is 14.0 Å². The molecule has 4 aromatic rings. The minimum atomic E-state index is -0.391. The molecule has 2 aliphatic rings. The van der Waals surface area contributed by atoms with Crippen LogP contribution >= 0.6 is 0 Å². The summed E-state index contributed by atoms with van der Waals surface area (Å²) in [6, 6.07) is 13.2. The number of para-hydroxylation sites is 2. The number of carbonyl (C=O) groups is 1. The highest BCUT2D eigenvalue weighted by molar-refractivity contribution is 5.96. The van der Waals surface area contributed by atoms with Gasteiger partial charge < -0.3 is 14.8 Å². The van der Waals surface area contributed by atoms with Crippen LogP contribution in [0.25, 0.3) is 16.8 Å². The van der Waals surface area contributed by atoms with Crippen molar-refractivity contribution in [2.45, 2.75) is 12.3 Å². The van der Waals surface area contributed by atoms with Crippen LogP contribution in [0.1, 0.15) is 23.5 Å². The van der Waals surface area contributed by atoms with E-state index in [1.807, 2.05) is 46.9 Å². The smallest absolute Gasteiger partial charge is 0.260 e. The van der Waals surface area contributed by atoms with Gasteiger partial charge in [0.05, 0.1) is 16.6 Å². The van der Waals surface area contributed by atoms with Crippen LogP contribution in [-0.2, 0) is 11.8 Å². The Bertz CT molecular complexity index is 1400. The van der Waals surface area contributed by atoms with Crippen molar-refractivity contribution in [2.24, 2.45) is 7.05 Å². The molecule has 144 valence electrons. The molecule has 1 atom stereocenters. The molecule has 8 heteroatoms. The van der Waals surface area contributed by atoms with Crippen LogP contribution in [0.3, 0.4) is 0 Å². The molecular formula is C21H16N4O4. The molecule has 0 saturated carbocycles. The Labute approximate surface area is 164 Å². The number of carbonyl (C=O) groups excluding carboxylic acids is 1. The van der Waals surface area contributed by atoms with Crippen LogP contribution in [0.5, 0.6) is 11.5 Å². The molecule has 2 aromatic heterocycles. The van der Waals surface area contributed by atoms with Gasteiger partial charge in [-0.25, -0.2) is 4.98 Å². The molecule has 29 heavy (non-hydrogen) atoms. The molecular weight excluding hydrogens is 372 g/mol. The molecule has 1 N–H and O–H groups in total. The molecule has 0 bridgehead atoms. The average molecular weight is 388 g/mol. The molecule has 4 heterocycles. The van der Waals surface area contributed by atoms with Crippen molar-refractivity contribution in [3.63, 3.8) is 0 Å². The van der Waals surface area contributed by atoms with Gasteiger partial charge in [-0.2, -0.15) is 0 Å². The van der Waals surface area contributed by atoms with Gasteiger partial charge in [-0.05, 0) is 29.8 Å². The summed E-state index contributed by atoms with van der Waals surface area (Å²) in [7, 11) is 1.71. The van der Waals surface area contributed by atoms with Gasteiger partial charge in [0.15, 0.2) is 11.5 Å². The summed E-state index contributed by atoms with van der Waals surface area (Å²) >= 11 is 0. The lowest BCUT2D eigenvalue weighted by atomic mass is 9.86. The number of fused-ring (bicyclic) bond motifs is 6. The highest BCUT2D eigenvalue weighted by atomic mass is 16.7. The average Bonchev–Trinajstić information content (AvgIpc) is 3.35. The van der Waals surface area contributed by atoms with Crippen LogP contribution in [-0.4, -0.2) is 26.7 Å². The third-order valence-corrected chi connectivity index (χ3v) is 5.65. The lowest BCUT2D eigenvalue weighted by molar-refractivity contribution is -0.116. The lowest BCUT2D eigenvalue weighted by Gasteiger charge is -2.27. The van der Waals surface area contributed by atoms with Gasteiger partial charge in [-0.1, -0.05) is 18.2 Å². The number of rotatable bonds is 1. The highest BCUT2D eigenvalue weighted by Crippen LogP contribution is 2.40. The maximum atomic E-state index is 13.3. The van der Waals surface area contributed by atoms with Crippen molar-refractivity contribution in [3.05, 3.63) is 63.9 Å². The lowest BCUT2D eigenvalue weighted by Crippen LogP contribution is -2.35. The normalized spacial score (nSPS) is 17.6. The summed E-state index contributed by atoms with van der Waals surface area (Å²) in [5.41, 5.74) is 2.80. The van der Waals surface area contributed by atoms with Gasteiger partial charge in [-0.15, -0.1) is 0 Å². The predicted molar refractivity (Wildman–Crippen MR) is 106 cm³/mol. The Balaban J connectivity index is 1.68. The van der Waals surface area contributed by atoms with E-state index in [4.69, 9.17) is 9.47 Å². The second-order valence-electron chi connectivity index (χ2n) is 7.28. The minimum Gasteiger partial charge on any atom is -0.454 e. The number of hydrogen-bond donors (Lipinski definition) is 1. The monoisotopic (exact) mass is 388 g/mol. The van der Waals surface area contributed by atoms with E-state index in [9.17, 15) is 9.59 Å². The largest absolute Gasteiger partial charge is 0.454 e. The molecule has 2 aliphatic heterocycles. The number of anilines is 1. The zero-order valence-electron chi connectivity index (χ0n) is 15.5. The second-order valence-corrected chi connectivity index (χ2v) is 7.28. The molecule has 2 aromatic carbocycles. The number of nitrogens with one attached hydrogen (secondary N) is 1. The maximum Gasteiger partial charge on any atom is 0.260 e. The zero-order valence-corrected chi connectivity index (χ0v) is 15.5. The summed E-state index contributed by atoms with van der Waals surface area (Å²) < 4.78 is 14.3. The van der Waals surface area contributed by atoms with Gasteiger partial charge >= 0.3 is 0 Å². The van der Waals surface area contributed by atoms with E-state index in [0.717, 1.165) is 16.6 Å². The molecule has 0 saturated heterocycles. The van der Waals surface area contributed by atoms with Gasteiger partial charge in [0.2, 0.25) is 18.5 Å². The Kier molecular flexibility index (Phi) is 3.12.